The van der Waals surface area contributed by atoms with Crippen LogP contribution in [0.4, 0.5) is 5.00 Å². The zero-order chi connectivity index (χ0) is 21.5. The third kappa shape index (κ3) is 5.49. The second-order valence-corrected chi connectivity index (χ2v) is 8.28. The van der Waals surface area contributed by atoms with Crippen molar-refractivity contribution < 1.29 is 19.1 Å². The van der Waals surface area contributed by atoms with Gasteiger partial charge in [-0.25, -0.2) is 4.79 Å². The highest BCUT2D eigenvalue weighted by Crippen LogP contribution is 2.37. The molecule has 0 radical (unpaired) electrons. The normalized spacial score (nSPS) is 14.1. The smallest absolute Gasteiger partial charge is 0.342 e. The SMILES string of the molecule is O=C(COc1ccccc1)Nc1scc(-c2ccncc2)c1C(=O)OC1CCCCC1. The van der Waals surface area contributed by atoms with Crippen molar-refractivity contribution in [1.29, 1.82) is 0 Å². The van der Waals surface area contributed by atoms with Crippen LogP contribution < -0.4 is 10.1 Å². The number of nitrogens with one attached hydrogen (secondary N) is 1. The van der Waals surface area contributed by atoms with Crippen LogP contribution in [0, 0.1) is 0 Å². The Hall–Kier alpha value is -3.19. The van der Waals surface area contributed by atoms with Gasteiger partial charge in [-0.15, -0.1) is 11.3 Å². The average molecular weight is 437 g/mol. The van der Waals surface area contributed by atoms with E-state index in [0.29, 0.717) is 16.3 Å². The molecule has 0 spiro atoms. The maximum absolute atomic E-state index is 13.1. The van der Waals surface area contributed by atoms with Crippen LogP contribution in [-0.2, 0) is 9.53 Å². The number of benzene rings is 1. The van der Waals surface area contributed by atoms with Gasteiger partial charge < -0.3 is 14.8 Å². The number of nitrogens with zero attached hydrogens (tertiary/aromatic N) is 1. The van der Waals surface area contributed by atoms with Crippen molar-refractivity contribution in [3.05, 3.63) is 65.8 Å². The fraction of sp³-hybridized carbons (Fsp3) is 0.292. The zero-order valence-corrected chi connectivity index (χ0v) is 17.9. The Morgan fingerprint density at radius 2 is 1.77 bits per heavy atom. The minimum atomic E-state index is -0.403. The second kappa shape index (κ2) is 10.2. The highest BCUT2D eigenvalue weighted by atomic mass is 32.1. The van der Waals surface area contributed by atoms with Crippen molar-refractivity contribution in [2.75, 3.05) is 11.9 Å². The van der Waals surface area contributed by atoms with Gasteiger partial charge in [0.05, 0.1) is 0 Å². The van der Waals surface area contributed by atoms with Gasteiger partial charge in [0, 0.05) is 23.3 Å². The van der Waals surface area contributed by atoms with Gasteiger partial charge in [0.15, 0.2) is 6.61 Å². The van der Waals surface area contributed by atoms with Crippen LogP contribution in [0.25, 0.3) is 11.1 Å². The number of rotatable bonds is 7. The van der Waals surface area contributed by atoms with E-state index in [1.807, 2.05) is 35.7 Å². The van der Waals surface area contributed by atoms with Crippen molar-refractivity contribution in [2.45, 2.75) is 38.2 Å². The molecule has 0 atom stereocenters. The highest BCUT2D eigenvalue weighted by Gasteiger charge is 2.26. The second-order valence-electron chi connectivity index (χ2n) is 7.40. The first-order valence-corrected chi connectivity index (χ1v) is 11.3. The molecule has 1 aliphatic rings. The summed E-state index contributed by atoms with van der Waals surface area (Å²) in [5.41, 5.74) is 1.96. The van der Waals surface area contributed by atoms with Crippen LogP contribution in [-0.4, -0.2) is 29.6 Å². The Kier molecular flexibility index (Phi) is 6.94. The van der Waals surface area contributed by atoms with Crippen molar-refractivity contribution in [2.24, 2.45) is 0 Å². The molecule has 2 aromatic heterocycles. The van der Waals surface area contributed by atoms with Crippen molar-refractivity contribution >= 4 is 28.2 Å². The number of carbonyl (C=O) groups is 2. The maximum atomic E-state index is 13.1. The molecular weight excluding hydrogens is 412 g/mol. The number of hydrogen-bond acceptors (Lipinski definition) is 6. The lowest BCUT2D eigenvalue weighted by atomic mass is 9.97. The number of anilines is 1. The number of esters is 1. The van der Waals surface area contributed by atoms with Crippen LogP contribution in [0.2, 0.25) is 0 Å². The molecule has 1 aromatic carbocycles. The van der Waals surface area contributed by atoms with Crippen LogP contribution >= 0.6 is 11.3 Å². The first kappa shape index (κ1) is 21.1. The Balaban J connectivity index is 1.52. The summed E-state index contributed by atoms with van der Waals surface area (Å²) in [6, 6.07) is 12.8. The van der Waals surface area contributed by atoms with Crippen LogP contribution in [0.15, 0.2) is 60.2 Å². The number of para-hydroxylation sites is 1. The van der Waals surface area contributed by atoms with Crippen LogP contribution in [0.5, 0.6) is 5.75 Å². The fourth-order valence-electron chi connectivity index (χ4n) is 3.62. The molecule has 1 fully saturated rings. The maximum Gasteiger partial charge on any atom is 0.342 e. The van der Waals surface area contributed by atoms with E-state index in [0.717, 1.165) is 36.8 Å². The molecule has 31 heavy (non-hydrogen) atoms. The molecule has 1 aliphatic carbocycles. The van der Waals surface area contributed by atoms with Crippen LogP contribution in [0.3, 0.4) is 0 Å². The number of carbonyl (C=O) groups excluding carboxylic acids is 2. The van der Waals surface area contributed by atoms with Gasteiger partial charge in [0.1, 0.15) is 22.4 Å². The Labute approximate surface area is 185 Å². The minimum Gasteiger partial charge on any atom is -0.484 e. The lowest BCUT2D eigenvalue weighted by Gasteiger charge is -2.22. The van der Waals surface area contributed by atoms with Crippen molar-refractivity contribution in [3.8, 4) is 16.9 Å². The van der Waals surface area contributed by atoms with E-state index in [1.54, 1.807) is 24.5 Å². The van der Waals surface area contributed by atoms with Crippen LogP contribution in [0.1, 0.15) is 42.5 Å². The first-order valence-electron chi connectivity index (χ1n) is 10.4. The van der Waals surface area contributed by atoms with Gasteiger partial charge in [-0.1, -0.05) is 24.6 Å². The van der Waals surface area contributed by atoms with E-state index < -0.39 is 5.97 Å². The molecule has 160 valence electrons. The molecule has 2 heterocycles. The number of pyridine rings is 1. The zero-order valence-electron chi connectivity index (χ0n) is 17.1. The minimum absolute atomic E-state index is 0.0728. The van der Waals surface area contributed by atoms with Gasteiger partial charge >= 0.3 is 5.97 Å². The van der Waals surface area contributed by atoms with E-state index in [4.69, 9.17) is 9.47 Å². The lowest BCUT2D eigenvalue weighted by molar-refractivity contribution is -0.118. The largest absolute Gasteiger partial charge is 0.484 e. The summed E-state index contributed by atoms with van der Waals surface area (Å²) < 4.78 is 11.3. The predicted octanol–water partition coefficient (Wildman–Crippen LogP) is 5.32. The molecule has 1 N–H and O–H groups in total. The van der Waals surface area contributed by atoms with E-state index in [2.05, 4.69) is 10.3 Å². The van der Waals surface area contributed by atoms with E-state index in [1.165, 1.54) is 17.8 Å². The first-order chi connectivity index (χ1) is 15.2. The van der Waals surface area contributed by atoms with E-state index in [9.17, 15) is 9.59 Å². The van der Waals surface area contributed by atoms with Gasteiger partial charge in [-0.2, -0.15) is 0 Å². The molecule has 7 heteroatoms. The lowest BCUT2D eigenvalue weighted by Crippen LogP contribution is -2.23. The van der Waals surface area contributed by atoms with Gasteiger partial charge in [0.2, 0.25) is 0 Å². The van der Waals surface area contributed by atoms with Gasteiger partial charge in [-0.3, -0.25) is 9.78 Å². The number of aromatic nitrogens is 1. The molecule has 0 unspecified atom stereocenters. The number of thiophene rings is 1. The van der Waals surface area contributed by atoms with Gasteiger partial charge in [-0.05, 0) is 55.5 Å². The van der Waals surface area contributed by atoms with E-state index in [-0.39, 0.29) is 18.6 Å². The Bertz CT molecular complexity index is 1010. The Morgan fingerprint density at radius 1 is 1.03 bits per heavy atom. The van der Waals surface area contributed by atoms with Crippen molar-refractivity contribution in [3.63, 3.8) is 0 Å². The molecule has 1 saturated carbocycles. The summed E-state index contributed by atoms with van der Waals surface area (Å²) in [6.07, 6.45) is 8.36. The quantitative estimate of drug-likeness (QED) is 0.508. The number of ether oxygens (including phenoxy) is 2. The molecule has 0 bridgehead atoms. The van der Waals surface area contributed by atoms with E-state index >= 15 is 0 Å². The van der Waals surface area contributed by atoms with Crippen molar-refractivity contribution in [1.82, 2.24) is 4.98 Å². The summed E-state index contributed by atoms with van der Waals surface area (Å²) in [5.74, 6) is -0.129. The molecule has 4 rings (SSSR count). The summed E-state index contributed by atoms with van der Waals surface area (Å²) >= 11 is 1.30. The summed E-state index contributed by atoms with van der Waals surface area (Å²) in [7, 11) is 0. The fourth-order valence-corrected chi connectivity index (χ4v) is 4.59. The molecule has 0 saturated heterocycles. The summed E-state index contributed by atoms with van der Waals surface area (Å²) in [6.45, 7) is -0.149. The highest BCUT2D eigenvalue weighted by molar-refractivity contribution is 7.15. The number of hydrogen-bond donors (Lipinski definition) is 1. The third-order valence-corrected chi connectivity index (χ3v) is 6.07. The molecule has 0 aliphatic heterocycles. The molecule has 3 aromatic rings. The molecule has 1 amide bonds. The summed E-state index contributed by atoms with van der Waals surface area (Å²) in [4.78, 5) is 29.7. The monoisotopic (exact) mass is 436 g/mol. The third-order valence-electron chi connectivity index (χ3n) is 5.18. The topological polar surface area (TPSA) is 77.5 Å². The predicted molar refractivity (Wildman–Crippen MR) is 120 cm³/mol. The average Bonchev–Trinajstić information content (AvgIpc) is 3.23. The molecule has 6 nitrogen and oxygen atoms in total. The standard InChI is InChI=1S/C24H24N2O4S/c27-21(15-29-18-7-3-1-4-8-18)26-23-22(24(28)30-19-9-5-2-6-10-19)20(16-31-23)17-11-13-25-14-12-17/h1,3-4,7-8,11-14,16,19H,2,5-6,9-10,15H2,(H,26,27). The number of amides is 1. The summed E-state index contributed by atoms with van der Waals surface area (Å²) in [5, 5.41) is 5.16. The Morgan fingerprint density at radius 3 is 2.52 bits per heavy atom. The van der Waals surface area contributed by atoms with Gasteiger partial charge in [0.25, 0.3) is 5.91 Å². The molecular formula is C24H24N2O4S.